The lowest BCUT2D eigenvalue weighted by atomic mass is 9.88. The Kier molecular flexibility index (Phi) is 6.48. The summed E-state index contributed by atoms with van der Waals surface area (Å²) in [6, 6.07) is 8.30. The smallest absolute Gasteiger partial charge is 0.144 e. The van der Waals surface area contributed by atoms with Gasteiger partial charge in [0.2, 0.25) is 0 Å². The van der Waals surface area contributed by atoms with Crippen LogP contribution in [-0.4, -0.2) is 24.7 Å². The van der Waals surface area contributed by atoms with Crippen LogP contribution in [0.15, 0.2) is 29.4 Å². The number of nitrogens with two attached hydrogens (primary N) is 1. The first-order valence-electron chi connectivity index (χ1n) is 6.75. The van der Waals surface area contributed by atoms with Gasteiger partial charge in [-0.15, -0.1) is 0 Å². The molecule has 0 bridgehead atoms. The van der Waals surface area contributed by atoms with Crippen LogP contribution in [0, 0.1) is 5.41 Å². The molecule has 5 nitrogen and oxygen atoms in total. The van der Waals surface area contributed by atoms with Crippen LogP contribution >= 0.6 is 0 Å². The number of oxime groups is 1. The van der Waals surface area contributed by atoms with Crippen LogP contribution in [0.5, 0.6) is 0 Å². The van der Waals surface area contributed by atoms with Crippen LogP contribution in [-0.2, 0) is 17.9 Å². The summed E-state index contributed by atoms with van der Waals surface area (Å²) in [5, 5.41) is 15.2. The largest absolute Gasteiger partial charge is 0.409 e. The average Bonchev–Trinajstić information content (AvgIpc) is 2.43. The molecular formula is C15H25N3O2. The van der Waals surface area contributed by atoms with Crippen LogP contribution in [0.2, 0.25) is 0 Å². The van der Waals surface area contributed by atoms with E-state index in [0.717, 1.165) is 19.5 Å². The third-order valence-corrected chi connectivity index (χ3v) is 3.36. The van der Waals surface area contributed by atoms with Crippen molar-refractivity contribution in [3.05, 3.63) is 35.4 Å². The number of nitrogens with one attached hydrogen (secondary N) is 1. The second kappa shape index (κ2) is 7.87. The fourth-order valence-electron chi connectivity index (χ4n) is 1.89. The molecule has 0 saturated carbocycles. The number of nitrogens with zero attached hydrogens (tertiary/aromatic N) is 1. The number of benzene rings is 1. The number of rotatable bonds is 8. The fourth-order valence-corrected chi connectivity index (χ4v) is 1.89. The monoisotopic (exact) mass is 279 g/mol. The van der Waals surface area contributed by atoms with Gasteiger partial charge < -0.3 is 21.0 Å². The van der Waals surface area contributed by atoms with E-state index < -0.39 is 0 Å². The van der Waals surface area contributed by atoms with Gasteiger partial charge in [0.05, 0.1) is 6.61 Å². The van der Waals surface area contributed by atoms with Gasteiger partial charge in [0.15, 0.2) is 0 Å². The van der Waals surface area contributed by atoms with Gasteiger partial charge in [0.25, 0.3) is 0 Å². The van der Waals surface area contributed by atoms with Crippen molar-refractivity contribution in [2.24, 2.45) is 16.3 Å². The Morgan fingerprint density at radius 2 is 2.10 bits per heavy atom. The topological polar surface area (TPSA) is 79.9 Å². The molecule has 0 heterocycles. The lowest BCUT2D eigenvalue weighted by molar-refractivity contribution is 0.185. The Hall–Kier alpha value is -1.59. The lowest BCUT2D eigenvalue weighted by Gasteiger charge is -2.22. The molecule has 0 unspecified atom stereocenters. The number of ether oxygens (including phenoxy) is 1. The maximum atomic E-state index is 8.72. The summed E-state index contributed by atoms with van der Waals surface area (Å²) < 4.78 is 5.12. The van der Waals surface area contributed by atoms with Gasteiger partial charge in [0.1, 0.15) is 5.84 Å². The number of methoxy groups -OCH3 is 1. The van der Waals surface area contributed by atoms with Gasteiger partial charge >= 0.3 is 0 Å². The van der Waals surface area contributed by atoms with Crippen molar-refractivity contribution >= 4 is 5.84 Å². The van der Waals surface area contributed by atoms with Crippen molar-refractivity contribution in [3.63, 3.8) is 0 Å². The second-order valence-electron chi connectivity index (χ2n) is 5.55. The normalized spacial score (nSPS) is 12.7. The first-order valence-corrected chi connectivity index (χ1v) is 6.75. The van der Waals surface area contributed by atoms with Crippen molar-refractivity contribution in [3.8, 4) is 0 Å². The van der Waals surface area contributed by atoms with E-state index in [9.17, 15) is 0 Å². The standard InChI is InChI=1S/C15H25N3O2/c1-15(2,14(16)18-19)7-8-17-10-12-5-4-6-13(9-12)11-20-3/h4-6,9,17,19H,7-8,10-11H2,1-3H3,(H2,16,18). The highest BCUT2D eigenvalue weighted by atomic mass is 16.5. The fraction of sp³-hybridized carbons (Fsp3) is 0.533. The molecule has 1 rings (SSSR count). The van der Waals surface area contributed by atoms with Crippen LogP contribution in [0.3, 0.4) is 0 Å². The molecular weight excluding hydrogens is 254 g/mol. The molecule has 0 aliphatic carbocycles. The van der Waals surface area contributed by atoms with E-state index in [1.54, 1.807) is 7.11 Å². The summed E-state index contributed by atoms with van der Waals surface area (Å²) in [4.78, 5) is 0. The first kappa shape index (κ1) is 16.5. The summed E-state index contributed by atoms with van der Waals surface area (Å²) in [5.41, 5.74) is 7.74. The highest BCUT2D eigenvalue weighted by Gasteiger charge is 2.22. The Labute approximate surface area is 120 Å². The van der Waals surface area contributed by atoms with Crippen LogP contribution in [0.4, 0.5) is 0 Å². The minimum Gasteiger partial charge on any atom is -0.409 e. The molecule has 0 saturated heterocycles. The maximum Gasteiger partial charge on any atom is 0.144 e. The third-order valence-electron chi connectivity index (χ3n) is 3.36. The highest BCUT2D eigenvalue weighted by Crippen LogP contribution is 2.19. The second-order valence-corrected chi connectivity index (χ2v) is 5.55. The molecule has 4 N–H and O–H groups in total. The number of hydrogen-bond donors (Lipinski definition) is 3. The molecule has 0 aromatic heterocycles. The molecule has 0 amide bonds. The van der Waals surface area contributed by atoms with E-state index in [1.807, 2.05) is 19.9 Å². The van der Waals surface area contributed by atoms with E-state index in [-0.39, 0.29) is 11.3 Å². The van der Waals surface area contributed by atoms with E-state index in [4.69, 9.17) is 15.7 Å². The van der Waals surface area contributed by atoms with Gasteiger partial charge in [-0.05, 0) is 24.1 Å². The van der Waals surface area contributed by atoms with Gasteiger partial charge in [-0.25, -0.2) is 0 Å². The minimum absolute atomic E-state index is 0.265. The number of hydrogen-bond acceptors (Lipinski definition) is 4. The van der Waals surface area contributed by atoms with E-state index in [1.165, 1.54) is 11.1 Å². The predicted octanol–water partition coefficient (Wildman–Crippen LogP) is 2.09. The summed E-state index contributed by atoms with van der Waals surface area (Å²) in [7, 11) is 1.69. The molecule has 0 aliphatic rings. The Bertz CT molecular complexity index is 444. The average molecular weight is 279 g/mol. The summed E-state index contributed by atoms with van der Waals surface area (Å²) in [6.07, 6.45) is 0.806. The van der Waals surface area contributed by atoms with Crippen molar-refractivity contribution in [2.75, 3.05) is 13.7 Å². The predicted molar refractivity (Wildman–Crippen MR) is 80.7 cm³/mol. The maximum absolute atomic E-state index is 8.72. The Balaban J connectivity index is 2.39. The Morgan fingerprint density at radius 3 is 2.75 bits per heavy atom. The van der Waals surface area contributed by atoms with Crippen molar-refractivity contribution in [1.82, 2.24) is 5.32 Å². The molecule has 20 heavy (non-hydrogen) atoms. The summed E-state index contributed by atoms with van der Waals surface area (Å²) in [5.74, 6) is 0.265. The lowest BCUT2D eigenvalue weighted by Crippen LogP contribution is -2.34. The van der Waals surface area contributed by atoms with Gasteiger partial charge in [-0.2, -0.15) is 0 Å². The van der Waals surface area contributed by atoms with Crippen molar-refractivity contribution < 1.29 is 9.94 Å². The van der Waals surface area contributed by atoms with E-state index >= 15 is 0 Å². The van der Waals surface area contributed by atoms with Gasteiger partial charge in [-0.1, -0.05) is 43.3 Å². The SMILES string of the molecule is COCc1cccc(CNCCC(C)(C)C(N)=NO)c1. The zero-order valence-corrected chi connectivity index (χ0v) is 12.5. The highest BCUT2D eigenvalue weighted by molar-refractivity contribution is 5.85. The molecule has 0 fully saturated rings. The minimum atomic E-state index is -0.306. The molecule has 1 aromatic carbocycles. The molecule has 0 aliphatic heterocycles. The zero-order chi connectivity index (χ0) is 15.0. The number of amidine groups is 1. The molecule has 1 aromatic rings. The van der Waals surface area contributed by atoms with E-state index in [2.05, 4.69) is 28.7 Å². The van der Waals surface area contributed by atoms with Crippen LogP contribution < -0.4 is 11.1 Å². The van der Waals surface area contributed by atoms with Gasteiger partial charge in [-0.3, -0.25) is 0 Å². The first-order chi connectivity index (χ1) is 9.49. The third kappa shape index (κ3) is 5.19. The molecule has 0 radical (unpaired) electrons. The molecule has 0 atom stereocenters. The van der Waals surface area contributed by atoms with Gasteiger partial charge in [0, 0.05) is 19.1 Å². The zero-order valence-electron chi connectivity index (χ0n) is 12.5. The Morgan fingerprint density at radius 1 is 1.40 bits per heavy atom. The molecule has 0 spiro atoms. The van der Waals surface area contributed by atoms with Crippen LogP contribution in [0.25, 0.3) is 0 Å². The quantitative estimate of drug-likeness (QED) is 0.224. The summed E-state index contributed by atoms with van der Waals surface area (Å²) >= 11 is 0. The molecule has 5 heteroatoms. The van der Waals surface area contributed by atoms with Crippen molar-refractivity contribution in [1.29, 1.82) is 0 Å². The van der Waals surface area contributed by atoms with Crippen LogP contribution in [0.1, 0.15) is 31.4 Å². The molecule has 112 valence electrons. The summed E-state index contributed by atoms with van der Waals surface area (Å²) in [6.45, 7) is 6.15. The van der Waals surface area contributed by atoms with Crippen molar-refractivity contribution in [2.45, 2.75) is 33.4 Å². The van der Waals surface area contributed by atoms with E-state index in [0.29, 0.717) is 6.61 Å².